The Balaban J connectivity index is 1.59. The summed E-state index contributed by atoms with van der Waals surface area (Å²) in [5.74, 6) is -1.20. The fraction of sp³-hybridized carbons (Fsp3) is 0.200. The largest absolute Gasteiger partial charge is 0.508 e. The van der Waals surface area contributed by atoms with E-state index in [1.54, 1.807) is 29.3 Å². The predicted molar refractivity (Wildman–Crippen MR) is 117 cm³/mol. The summed E-state index contributed by atoms with van der Waals surface area (Å²) in [6.07, 6.45) is -0.910. The molecule has 6 heteroatoms. The minimum Gasteiger partial charge on any atom is -0.508 e. The number of phenols is 1. The number of hydrogen-bond donors (Lipinski definition) is 1. The van der Waals surface area contributed by atoms with E-state index in [1.807, 2.05) is 62.4 Å². The van der Waals surface area contributed by atoms with Gasteiger partial charge < -0.3 is 5.11 Å². The Labute approximate surface area is 180 Å². The minimum atomic E-state index is -0.910. The van der Waals surface area contributed by atoms with E-state index in [4.69, 9.17) is 4.84 Å². The number of nitrogens with zero attached hydrogens (tertiary/aromatic N) is 2. The molecule has 0 saturated carbocycles. The Kier molecular flexibility index (Phi) is 4.52. The molecule has 3 aromatic carbocycles. The smallest absolute Gasteiger partial charge is 0.266 e. The lowest BCUT2D eigenvalue weighted by Crippen LogP contribution is -2.37. The molecule has 2 amide bonds. The van der Waals surface area contributed by atoms with E-state index in [-0.39, 0.29) is 17.6 Å². The topological polar surface area (TPSA) is 70.1 Å². The van der Waals surface area contributed by atoms with Crippen molar-refractivity contribution in [3.63, 3.8) is 0 Å². The number of hydroxylamine groups is 1. The zero-order chi connectivity index (χ0) is 21.7. The van der Waals surface area contributed by atoms with Gasteiger partial charge in [-0.3, -0.25) is 14.4 Å². The molecule has 2 saturated heterocycles. The molecule has 6 nitrogen and oxygen atoms in total. The highest BCUT2D eigenvalue weighted by Crippen LogP contribution is 2.48. The standard InChI is InChI=1S/C25H22N2O4/c1-15-8-13-20(16(2)14-15)26-24(29)21-22(17-9-11-19(28)12-10-17)27(31-23(21)25(26)30)18-6-4-3-5-7-18/h3-14,21-23,28H,1-2H3/t21-,22+,23-/m1/s1. The molecule has 0 unspecified atom stereocenters. The van der Waals surface area contributed by atoms with Gasteiger partial charge in [-0.05, 0) is 55.3 Å². The third kappa shape index (κ3) is 3.07. The number of aromatic hydroxyl groups is 1. The second kappa shape index (κ2) is 7.25. The highest BCUT2D eigenvalue weighted by atomic mass is 16.7. The van der Waals surface area contributed by atoms with Gasteiger partial charge in [0.2, 0.25) is 5.91 Å². The number of imide groups is 1. The van der Waals surface area contributed by atoms with Crippen LogP contribution < -0.4 is 9.96 Å². The second-order valence-corrected chi connectivity index (χ2v) is 8.05. The second-order valence-electron chi connectivity index (χ2n) is 8.05. The Bertz CT molecular complexity index is 1160. The van der Waals surface area contributed by atoms with Gasteiger partial charge in [-0.15, -0.1) is 0 Å². The van der Waals surface area contributed by atoms with E-state index in [2.05, 4.69) is 0 Å². The van der Waals surface area contributed by atoms with Crippen LogP contribution in [0.15, 0.2) is 72.8 Å². The minimum absolute atomic E-state index is 0.135. The summed E-state index contributed by atoms with van der Waals surface area (Å²) in [4.78, 5) is 34.4. The molecule has 2 aliphatic heterocycles. The molecule has 2 heterocycles. The number of anilines is 2. The lowest BCUT2D eigenvalue weighted by Gasteiger charge is -2.29. The van der Waals surface area contributed by atoms with E-state index in [9.17, 15) is 14.7 Å². The van der Waals surface area contributed by atoms with Crippen molar-refractivity contribution in [2.24, 2.45) is 5.92 Å². The van der Waals surface area contributed by atoms with Crippen LogP contribution in [0.5, 0.6) is 5.75 Å². The Morgan fingerprint density at radius 2 is 1.58 bits per heavy atom. The summed E-state index contributed by atoms with van der Waals surface area (Å²) >= 11 is 0. The van der Waals surface area contributed by atoms with Crippen LogP contribution in [0.2, 0.25) is 0 Å². The van der Waals surface area contributed by atoms with Gasteiger partial charge in [0, 0.05) is 0 Å². The summed E-state index contributed by atoms with van der Waals surface area (Å²) in [6, 6.07) is 21.3. The van der Waals surface area contributed by atoms with Gasteiger partial charge in [0.05, 0.1) is 17.4 Å². The van der Waals surface area contributed by atoms with E-state index in [0.29, 0.717) is 5.69 Å². The normalized spacial score (nSPS) is 22.8. The molecule has 0 bridgehead atoms. The SMILES string of the molecule is Cc1ccc(N2C(=O)[C@H]3[C@@H](ON(c4ccccc4)[C@H]3c3ccc(O)cc3)C2=O)c(C)c1. The van der Waals surface area contributed by atoms with Gasteiger partial charge in [0.25, 0.3) is 5.91 Å². The lowest BCUT2D eigenvalue weighted by atomic mass is 9.90. The summed E-state index contributed by atoms with van der Waals surface area (Å²) in [5.41, 5.74) is 4.07. The lowest BCUT2D eigenvalue weighted by molar-refractivity contribution is -0.126. The van der Waals surface area contributed by atoms with Crippen molar-refractivity contribution in [2.45, 2.75) is 26.0 Å². The monoisotopic (exact) mass is 414 g/mol. The van der Waals surface area contributed by atoms with Crippen LogP contribution in [0.3, 0.4) is 0 Å². The first-order valence-corrected chi connectivity index (χ1v) is 10.2. The van der Waals surface area contributed by atoms with Gasteiger partial charge in [0.1, 0.15) is 11.7 Å². The van der Waals surface area contributed by atoms with Gasteiger partial charge in [-0.1, -0.05) is 48.0 Å². The molecule has 0 spiro atoms. The highest BCUT2D eigenvalue weighted by molar-refractivity contribution is 6.24. The van der Waals surface area contributed by atoms with Crippen LogP contribution in [0.25, 0.3) is 0 Å². The van der Waals surface area contributed by atoms with Crippen LogP contribution in [0.4, 0.5) is 11.4 Å². The molecular weight excluding hydrogens is 392 g/mol. The number of phenolic OH excluding ortho intramolecular Hbond substituents is 1. The van der Waals surface area contributed by atoms with Crippen LogP contribution >= 0.6 is 0 Å². The number of benzene rings is 3. The van der Waals surface area contributed by atoms with Crippen molar-refractivity contribution < 1.29 is 19.5 Å². The summed E-state index contributed by atoms with van der Waals surface area (Å²) in [5, 5.41) is 11.4. The van der Waals surface area contributed by atoms with E-state index < -0.39 is 18.1 Å². The van der Waals surface area contributed by atoms with Gasteiger partial charge in [-0.2, -0.15) is 0 Å². The summed E-state index contributed by atoms with van der Waals surface area (Å²) in [6.45, 7) is 3.87. The fourth-order valence-electron chi connectivity index (χ4n) is 4.52. The molecule has 31 heavy (non-hydrogen) atoms. The number of para-hydroxylation sites is 1. The van der Waals surface area contributed by atoms with Crippen molar-refractivity contribution in [3.05, 3.63) is 89.5 Å². The molecule has 2 fully saturated rings. The van der Waals surface area contributed by atoms with Crippen molar-refractivity contribution in [1.29, 1.82) is 0 Å². The molecule has 0 aromatic heterocycles. The number of aryl methyl sites for hydroxylation is 2. The molecule has 0 aliphatic carbocycles. The third-order valence-electron chi connectivity index (χ3n) is 5.95. The molecule has 156 valence electrons. The molecule has 3 atom stereocenters. The number of carbonyl (C=O) groups is 2. The molecule has 5 rings (SSSR count). The maximum atomic E-state index is 13.6. The zero-order valence-electron chi connectivity index (χ0n) is 17.2. The zero-order valence-corrected chi connectivity index (χ0v) is 17.2. The van der Waals surface area contributed by atoms with Crippen molar-refractivity contribution >= 4 is 23.2 Å². The molecule has 1 N–H and O–H groups in total. The third-order valence-corrected chi connectivity index (χ3v) is 5.95. The number of fused-ring (bicyclic) bond motifs is 1. The van der Waals surface area contributed by atoms with Crippen LogP contribution in [-0.4, -0.2) is 23.0 Å². The first-order valence-electron chi connectivity index (χ1n) is 10.2. The van der Waals surface area contributed by atoms with Crippen LogP contribution in [-0.2, 0) is 14.4 Å². The molecule has 3 aromatic rings. The summed E-state index contributed by atoms with van der Waals surface area (Å²) in [7, 11) is 0. The maximum Gasteiger partial charge on any atom is 0.266 e. The Morgan fingerprint density at radius 1 is 0.871 bits per heavy atom. The first-order chi connectivity index (χ1) is 15.0. The average Bonchev–Trinajstić information content (AvgIpc) is 3.26. The van der Waals surface area contributed by atoms with Gasteiger partial charge in [-0.25, -0.2) is 9.96 Å². The van der Waals surface area contributed by atoms with E-state index in [0.717, 1.165) is 22.4 Å². The summed E-state index contributed by atoms with van der Waals surface area (Å²) < 4.78 is 0. The molecule has 2 aliphatic rings. The average molecular weight is 414 g/mol. The van der Waals surface area contributed by atoms with Gasteiger partial charge in [0.15, 0.2) is 6.10 Å². The predicted octanol–water partition coefficient (Wildman–Crippen LogP) is 4.06. The van der Waals surface area contributed by atoms with E-state index in [1.165, 1.54) is 4.90 Å². The van der Waals surface area contributed by atoms with Crippen molar-refractivity contribution in [3.8, 4) is 5.75 Å². The molecule has 0 radical (unpaired) electrons. The molecular formula is C25H22N2O4. The van der Waals surface area contributed by atoms with E-state index >= 15 is 0 Å². The Hall–Kier alpha value is -3.64. The van der Waals surface area contributed by atoms with Crippen LogP contribution in [0, 0.1) is 19.8 Å². The Morgan fingerprint density at radius 3 is 2.26 bits per heavy atom. The maximum absolute atomic E-state index is 13.6. The number of hydrogen-bond acceptors (Lipinski definition) is 5. The van der Waals surface area contributed by atoms with Crippen molar-refractivity contribution in [1.82, 2.24) is 0 Å². The highest BCUT2D eigenvalue weighted by Gasteiger charge is 2.60. The first kappa shape index (κ1) is 19.3. The number of carbonyl (C=O) groups excluding carboxylic acids is 2. The van der Waals surface area contributed by atoms with Gasteiger partial charge >= 0.3 is 0 Å². The number of rotatable bonds is 3. The van der Waals surface area contributed by atoms with Crippen LogP contribution in [0.1, 0.15) is 22.7 Å². The fourth-order valence-corrected chi connectivity index (χ4v) is 4.52. The quantitative estimate of drug-likeness (QED) is 0.655. The van der Waals surface area contributed by atoms with Crippen molar-refractivity contribution in [2.75, 3.05) is 9.96 Å². The number of amides is 2.